The third-order valence-electron chi connectivity index (χ3n) is 5.91. The van der Waals surface area contributed by atoms with Crippen molar-refractivity contribution in [1.82, 2.24) is 15.6 Å². The standard InChI is InChI=1S/C22H19ClFN3O3/c23-16-6-5-13(7-17(16)24)30-9-19(28)26-21-10-22(11-21,12-21)27-20(29)15-8-25-18-4-2-1-3-14(15)18/h1-8,25H,9-12H2,(H,26,28)(H,27,29). The Balaban J connectivity index is 1.13. The summed E-state index contributed by atoms with van der Waals surface area (Å²) in [5.74, 6) is -0.740. The van der Waals surface area contributed by atoms with Crippen LogP contribution in [0.3, 0.4) is 0 Å². The number of carbonyl (C=O) groups is 2. The van der Waals surface area contributed by atoms with Crippen LogP contribution in [0, 0.1) is 5.82 Å². The van der Waals surface area contributed by atoms with Crippen LogP contribution in [0.2, 0.25) is 5.02 Å². The van der Waals surface area contributed by atoms with E-state index in [4.69, 9.17) is 16.3 Å². The molecule has 30 heavy (non-hydrogen) atoms. The molecule has 6 rings (SSSR count). The van der Waals surface area contributed by atoms with Crippen molar-refractivity contribution in [2.75, 3.05) is 6.61 Å². The monoisotopic (exact) mass is 427 g/mol. The van der Waals surface area contributed by atoms with Crippen LogP contribution in [0.5, 0.6) is 5.75 Å². The number of carbonyl (C=O) groups excluding carboxylic acids is 2. The average Bonchev–Trinajstić information content (AvgIpc) is 3.10. The lowest BCUT2D eigenvalue weighted by molar-refractivity contribution is -0.141. The topological polar surface area (TPSA) is 83.2 Å². The second kappa shape index (κ2) is 6.74. The maximum Gasteiger partial charge on any atom is 0.258 e. The Labute approximate surface area is 176 Å². The van der Waals surface area contributed by atoms with Crippen LogP contribution in [0.1, 0.15) is 29.6 Å². The second-order valence-electron chi connectivity index (χ2n) is 8.21. The number of nitrogens with one attached hydrogen (secondary N) is 3. The van der Waals surface area contributed by atoms with E-state index in [9.17, 15) is 14.0 Å². The van der Waals surface area contributed by atoms with Crippen molar-refractivity contribution in [1.29, 1.82) is 0 Å². The van der Waals surface area contributed by atoms with Gasteiger partial charge in [-0.2, -0.15) is 0 Å². The molecule has 0 saturated heterocycles. The first-order valence-electron chi connectivity index (χ1n) is 9.65. The number of aromatic nitrogens is 1. The number of para-hydroxylation sites is 1. The molecule has 3 saturated carbocycles. The first-order chi connectivity index (χ1) is 14.4. The summed E-state index contributed by atoms with van der Waals surface area (Å²) in [6.45, 7) is -0.211. The van der Waals surface area contributed by atoms with Gasteiger partial charge in [-0.15, -0.1) is 0 Å². The maximum absolute atomic E-state index is 13.4. The van der Waals surface area contributed by atoms with E-state index < -0.39 is 5.82 Å². The molecule has 0 radical (unpaired) electrons. The highest BCUT2D eigenvalue weighted by atomic mass is 35.5. The molecule has 2 bridgehead atoms. The van der Waals surface area contributed by atoms with E-state index in [1.54, 1.807) is 6.20 Å². The Hall–Kier alpha value is -3.06. The zero-order valence-electron chi connectivity index (χ0n) is 15.9. The lowest BCUT2D eigenvalue weighted by Gasteiger charge is -2.70. The van der Waals surface area contributed by atoms with Gasteiger partial charge in [0.05, 0.1) is 10.6 Å². The molecule has 154 valence electrons. The highest BCUT2D eigenvalue weighted by molar-refractivity contribution is 6.30. The van der Waals surface area contributed by atoms with Gasteiger partial charge in [-0.25, -0.2) is 4.39 Å². The molecule has 0 aliphatic heterocycles. The predicted molar refractivity (Wildman–Crippen MR) is 110 cm³/mol. The number of halogens is 2. The van der Waals surface area contributed by atoms with Gasteiger partial charge in [0.1, 0.15) is 11.6 Å². The van der Waals surface area contributed by atoms with E-state index >= 15 is 0 Å². The predicted octanol–water partition coefficient (Wildman–Crippen LogP) is 3.56. The summed E-state index contributed by atoms with van der Waals surface area (Å²) in [4.78, 5) is 28.0. The third-order valence-corrected chi connectivity index (χ3v) is 6.22. The van der Waals surface area contributed by atoms with Crippen LogP contribution in [0.15, 0.2) is 48.7 Å². The molecule has 8 heteroatoms. The summed E-state index contributed by atoms with van der Waals surface area (Å²) in [6.07, 6.45) is 3.79. The molecule has 0 unspecified atom stereocenters. The van der Waals surface area contributed by atoms with Crippen LogP contribution < -0.4 is 15.4 Å². The summed E-state index contributed by atoms with van der Waals surface area (Å²) in [6, 6.07) is 11.7. The Morgan fingerprint density at radius 2 is 1.83 bits per heavy atom. The SMILES string of the molecule is O=C(COc1ccc(Cl)c(F)c1)NC12CC(NC(=O)c3c[nH]c4ccccc34)(C1)C2. The minimum atomic E-state index is -0.595. The molecule has 2 aromatic carbocycles. The minimum Gasteiger partial charge on any atom is -0.484 e. The Morgan fingerprint density at radius 1 is 1.10 bits per heavy atom. The van der Waals surface area contributed by atoms with Crippen LogP contribution >= 0.6 is 11.6 Å². The maximum atomic E-state index is 13.4. The zero-order valence-corrected chi connectivity index (χ0v) is 16.7. The molecule has 0 atom stereocenters. The van der Waals surface area contributed by atoms with Crippen molar-refractivity contribution in [3.63, 3.8) is 0 Å². The molecule has 0 spiro atoms. The number of rotatable bonds is 6. The first-order valence-corrected chi connectivity index (χ1v) is 10.0. The number of fused-ring (bicyclic) bond motifs is 1. The normalized spacial score (nSPS) is 23.9. The molecule has 2 amide bonds. The number of hydrogen-bond donors (Lipinski definition) is 3. The summed E-state index contributed by atoms with van der Waals surface area (Å²) in [7, 11) is 0. The number of H-pyrrole nitrogens is 1. The first kappa shape index (κ1) is 18.9. The Bertz CT molecular complexity index is 1160. The third kappa shape index (κ3) is 3.19. The average molecular weight is 428 g/mol. The van der Waals surface area contributed by atoms with Crippen molar-refractivity contribution < 1.29 is 18.7 Å². The van der Waals surface area contributed by atoms with Crippen LogP contribution in [0.4, 0.5) is 4.39 Å². The summed E-state index contributed by atoms with van der Waals surface area (Å²) >= 11 is 5.63. The van der Waals surface area contributed by atoms with Crippen molar-refractivity contribution in [3.8, 4) is 5.75 Å². The number of aromatic amines is 1. The van der Waals surface area contributed by atoms with Crippen LogP contribution in [0.25, 0.3) is 10.9 Å². The molecular formula is C22H19ClFN3O3. The minimum absolute atomic E-state index is 0.000602. The number of amides is 2. The Kier molecular flexibility index (Phi) is 4.25. The molecule has 3 fully saturated rings. The molecule has 3 aliphatic carbocycles. The highest BCUT2D eigenvalue weighted by Crippen LogP contribution is 2.60. The van der Waals surface area contributed by atoms with Gasteiger partial charge < -0.3 is 20.4 Å². The van der Waals surface area contributed by atoms with E-state index in [-0.39, 0.29) is 40.3 Å². The van der Waals surface area contributed by atoms with Gasteiger partial charge in [0.2, 0.25) is 0 Å². The van der Waals surface area contributed by atoms with Crippen molar-refractivity contribution in [3.05, 3.63) is 65.1 Å². The van der Waals surface area contributed by atoms with Gasteiger partial charge in [0.25, 0.3) is 11.8 Å². The highest BCUT2D eigenvalue weighted by Gasteiger charge is 2.69. The van der Waals surface area contributed by atoms with Crippen LogP contribution in [-0.2, 0) is 4.79 Å². The number of ether oxygens (including phenoxy) is 1. The van der Waals surface area contributed by atoms with E-state index in [0.717, 1.165) is 17.0 Å². The largest absolute Gasteiger partial charge is 0.484 e. The number of benzene rings is 2. The van der Waals surface area contributed by atoms with Gasteiger partial charge in [-0.1, -0.05) is 29.8 Å². The Morgan fingerprint density at radius 3 is 2.60 bits per heavy atom. The fraction of sp³-hybridized carbons (Fsp3) is 0.273. The molecule has 3 aliphatic rings. The molecule has 1 aromatic heterocycles. The van der Waals surface area contributed by atoms with Gasteiger partial charge >= 0.3 is 0 Å². The van der Waals surface area contributed by atoms with Crippen molar-refractivity contribution >= 4 is 34.3 Å². The molecule has 1 heterocycles. The van der Waals surface area contributed by atoms with E-state index in [1.807, 2.05) is 24.3 Å². The summed E-state index contributed by atoms with van der Waals surface area (Å²) in [5, 5.41) is 6.99. The van der Waals surface area contributed by atoms with Gasteiger partial charge in [0.15, 0.2) is 6.61 Å². The van der Waals surface area contributed by atoms with Crippen LogP contribution in [-0.4, -0.2) is 34.5 Å². The summed E-state index contributed by atoms with van der Waals surface area (Å²) in [5.41, 5.74) is 0.990. The van der Waals surface area contributed by atoms with E-state index in [0.29, 0.717) is 24.8 Å². The molecule has 6 nitrogen and oxygen atoms in total. The van der Waals surface area contributed by atoms with E-state index in [1.165, 1.54) is 12.1 Å². The number of hydrogen-bond acceptors (Lipinski definition) is 3. The van der Waals surface area contributed by atoms with Crippen molar-refractivity contribution in [2.45, 2.75) is 30.3 Å². The molecular weight excluding hydrogens is 409 g/mol. The molecule has 3 aromatic rings. The van der Waals surface area contributed by atoms with Gasteiger partial charge in [-0.05, 0) is 37.5 Å². The van der Waals surface area contributed by atoms with Crippen molar-refractivity contribution in [2.24, 2.45) is 0 Å². The smallest absolute Gasteiger partial charge is 0.258 e. The lowest BCUT2D eigenvalue weighted by Crippen LogP contribution is -2.84. The molecule has 3 N–H and O–H groups in total. The van der Waals surface area contributed by atoms with Gasteiger partial charge in [-0.3, -0.25) is 9.59 Å². The van der Waals surface area contributed by atoms with Gasteiger partial charge in [0, 0.05) is 34.2 Å². The summed E-state index contributed by atoms with van der Waals surface area (Å²) < 4.78 is 18.8. The van der Waals surface area contributed by atoms with E-state index in [2.05, 4.69) is 15.6 Å². The fourth-order valence-corrected chi connectivity index (χ4v) is 4.79. The quantitative estimate of drug-likeness (QED) is 0.562. The fourth-order valence-electron chi connectivity index (χ4n) is 4.67. The lowest BCUT2D eigenvalue weighted by atomic mass is 9.44. The second-order valence-corrected chi connectivity index (χ2v) is 8.61. The zero-order chi connectivity index (χ0) is 20.9.